The van der Waals surface area contributed by atoms with E-state index in [0.717, 1.165) is 0 Å². The molecule has 3 rings (SSSR count). The molecule has 5 nitrogen and oxygen atoms in total. The van der Waals surface area contributed by atoms with Gasteiger partial charge in [-0.2, -0.15) is 5.26 Å². The molecular weight excluding hydrogens is 290 g/mol. The number of anilines is 1. The summed E-state index contributed by atoms with van der Waals surface area (Å²) in [6, 6.07) is 5.46. The molecule has 3 heterocycles. The fourth-order valence-electron chi connectivity index (χ4n) is 2.86. The summed E-state index contributed by atoms with van der Waals surface area (Å²) in [7, 11) is 0. The van der Waals surface area contributed by atoms with Gasteiger partial charge in [-0.1, -0.05) is 0 Å². The molecule has 1 aromatic rings. The predicted octanol–water partition coefficient (Wildman–Crippen LogP) is 1.65. The summed E-state index contributed by atoms with van der Waals surface area (Å²) in [4.78, 5) is 19.9. The molecule has 1 amide bonds. The number of nitrogens with zero attached hydrogens (tertiary/aromatic N) is 4. The second-order valence-electron chi connectivity index (χ2n) is 5.77. The number of piperidine rings is 1. The van der Waals surface area contributed by atoms with Crippen molar-refractivity contribution in [1.29, 1.82) is 5.26 Å². The van der Waals surface area contributed by atoms with Crippen molar-refractivity contribution >= 4 is 11.7 Å². The van der Waals surface area contributed by atoms with Crippen LogP contribution in [0.3, 0.4) is 0 Å². The average Bonchev–Trinajstić information content (AvgIpc) is 2.46. The van der Waals surface area contributed by atoms with Gasteiger partial charge in [0.05, 0.1) is 11.5 Å². The van der Waals surface area contributed by atoms with Gasteiger partial charge in [0.1, 0.15) is 11.9 Å². The Morgan fingerprint density at radius 3 is 2.68 bits per heavy atom. The van der Waals surface area contributed by atoms with Crippen molar-refractivity contribution < 1.29 is 13.6 Å². The third-order valence-corrected chi connectivity index (χ3v) is 4.24. The third-order valence-electron chi connectivity index (χ3n) is 4.24. The van der Waals surface area contributed by atoms with Crippen molar-refractivity contribution in [2.45, 2.75) is 18.8 Å². The second kappa shape index (κ2) is 5.52. The minimum atomic E-state index is -2.64. The van der Waals surface area contributed by atoms with Gasteiger partial charge in [-0.15, -0.1) is 0 Å². The summed E-state index contributed by atoms with van der Waals surface area (Å²) < 4.78 is 26.2. The summed E-state index contributed by atoms with van der Waals surface area (Å²) >= 11 is 0. The molecule has 22 heavy (non-hydrogen) atoms. The number of carbonyl (C=O) groups is 1. The molecule has 0 aromatic carbocycles. The van der Waals surface area contributed by atoms with E-state index < -0.39 is 5.92 Å². The van der Waals surface area contributed by atoms with Crippen LogP contribution in [-0.2, 0) is 4.79 Å². The number of carbonyl (C=O) groups excluding carboxylic acids is 1. The molecule has 1 aromatic heterocycles. The van der Waals surface area contributed by atoms with Crippen molar-refractivity contribution in [2.24, 2.45) is 5.92 Å². The zero-order valence-corrected chi connectivity index (χ0v) is 12.0. The summed E-state index contributed by atoms with van der Waals surface area (Å²) in [5.74, 6) is -2.32. The first kappa shape index (κ1) is 14.7. The lowest BCUT2D eigenvalue weighted by atomic mass is 9.96. The smallest absolute Gasteiger partial charge is 0.251 e. The Labute approximate surface area is 127 Å². The van der Waals surface area contributed by atoms with Crippen LogP contribution in [0.5, 0.6) is 0 Å². The highest BCUT2D eigenvalue weighted by Crippen LogP contribution is 2.31. The molecule has 2 aliphatic rings. The average molecular weight is 306 g/mol. The molecule has 116 valence electrons. The first-order valence-electron chi connectivity index (χ1n) is 7.27. The number of rotatable bonds is 2. The summed E-state index contributed by atoms with van der Waals surface area (Å²) in [5.41, 5.74) is 0.478. The van der Waals surface area contributed by atoms with Gasteiger partial charge in [-0.25, -0.2) is 13.8 Å². The Morgan fingerprint density at radius 1 is 1.36 bits per heavy atom. The van der Waals surface area contributed by atoms with Gasteiger partial charge < -0.3 is 9.80 Å². The second-order valence-corrected chi connectivity index (χ2v) is 5.77. The molecule has 2 aliphatic heterocycles. The highest BCUT2D eigenvalue weighted by molar-refractivity contribution is 5.82. The topological polar surface area (TPSA) is 60.2 Å². The Morgan fingerprint density at radius 2 is 2.05 bits per heavy atom. The highest BCUT2D eigenvalue weighted by Gasteiger charge is 2.41. The fourth-order valence-corrected chi connectivity index (χ4v) is 2.86. The molecule has 0 atom stereocenters. The number of nitriles is 1. The van der Waals surface area contributed by atoms with E-state index in [1.54, 1.807) is 18.3 Å². The van der Waals surface area contributed by atoms with E-state index in [0.29, 0.717) is 24.5 Å². The highest BCUT2D eigenvalue weighted by atomic mass is 19.3. The summed E-state index contributed by atoms with van der Waals surface area (Å²) in [6.07, 6.45) is 1.10. The van der Waals surface area contributed by atoms with Crippen molar-refractivity contribution in [2.75, 3.05) is 31.1 Å². The minimum absolute atomic E-state index is 0.0683. The number of likely N-dealkylation sites (tertiary alicyclic amines) is 1. The molecule has 0 spiro atoms. The van der Waals surface area contributed by atoms with Crippen LogP contribution in [0.1, 0.15) is 18.4 Å². The zero-order valence-electron chi connectivity index (χ0n) is 12.0. The molecule has 2 saturated heterocycles. The quantitative estimate of drug-likeness (QED) is 0.833. The molecular formula is C15H16F2N4O. The van der Waals surface area contributed by atoms with Gasteiger partial charge in [0.25, 0.3) is 5.92 Å². The lowest BCUT2D eigenvalue weighted by molar-refractivity contribution is -0.142. The standard InChI is InChI=1S/C15H16F2N4O/c16-15(17)3-6-20(7-4-15)14(22)12-9-21(10-12)13-11(8-18)2-1-5-19-13/h1-2,5,12H,3-4,6-7,9-10H2. The minimum Gasteiger partial charge on any atom is -0.354 e. The number of hydrogen-bond donors (Lipinski definition) is 0. The number of amides is 1. The molecule has 0 unspecified atom stereocenters. The first-order chi connectivity index (χ1) is 10.5. The zero-order chi connectivity index (χ0) is 15.7. The van der Waals surface area contributed by atoms with Crippen LogP contribution < -0.4 is 4.90 Å². The Balaban J connectivity index is 1.57. The molecule has 0 N–H and O–H groups in total. The monoisotopic (exact) mass is 306 g/mol. The van der Waals surface area contributed by atoms with Crippen LogP contribution in [0.2, 0.25) is 0 Å². The molecule has 0 aliphatic carbocycles. The molecule has 0 saturated carbocycles. The van der Waals surface area contributed by atoms with Crippen LogP contribution in [-0.4, -0.2) is 47.9 Å². The molecule has 2 fully saturated rings. The maximum atomic E-state index is 13.1. The SMILES string of the molecule is N#Cc1cccnc1N1CC(C(=O)N2CCC(F)(F)CC2)C1. The number of aromatic nitrogens is 1. The Hall–Kier alpha value is -2.23. The summed E-state index contributed by atoms with van der Waals surface area (Å²) in [6.45, 7) is 1.21. The number of hydrogen-bond acceptors (Lipinski definition) is 4. The van der Waals surface area contributed by atoms with Crippen molar-refractivity contribution in [3.63, 3.8) is 0 Å². The van der Waals surface area contributed by atoms with Gasteiger partial charge in [0.15, 0.2) is 0 Å². The maximum absolute atomic E-state index is 13.1. The van der Waals surface area contributed by atoms with E-state index >= 15 is 0 Å². The summed E-state index contributed by atoms with van der Waals surface area (Å²) in [5, 5.41) is 9.05. The normalized spacial score (nSPS) is 21.1. The van der Waals surface area contributed by atoms with E-state index in [2.05, 4.69) is 11.1 Å². The van der Waals surface area contributed by atoms with Crippen molar-refractivity contribution in [3.8, 4) is 6.07 Å². The lowest BCUT2D eigenvalue weighted by Crippen LogP contribution is -2.56. The lowest BCUT2D eigenvalue weighted by Gasteiger charge is -2.42. The number of alkyl halides is 2. The van der Waals surface area contributed by atoms with Gasteiger partial charge in [-0.05, 0) is 12.1 Å². The third kappa shape index (κ3) is 2.73. The molecule has 0 bridgehead atoms. The van der Waals surface area contributed by atoms with Crippen molar-refractivity contribution in [1.82, 2.24) is 9.88 Å². The Kier molecular flexibility index (Phi) is 3.69. The van der Waals surface area contributed by atoms with Crippen LogP contribution in [0, 0.1) is 17.2 Å². The van der Waals surface area contributed by atoms with E-state index in [1.807, 2.05) is 4.90 Å². The van der Waals surface area contributed by atoms with Gasteiger partial charge in [0.2, 0.25) is 5.91 Å². The first-order valence-corrected chi connectivity index (χ1v) is 7.27. The predicted molar refractivity (Wildman–Crippen MR) is 75.4 cm³/mol. The van der Waals surface area contributed by atoms with Gasteiger partial charge in [-0.3, -0.25) is 4.79 Å². The van der Waals surface area contributed by atoms with Crippen LogP contribution in [0.25, 0.3) is 0 Å². The number of pyridine rings is 1. The van der Waals surface area contributed by atoms with Crippen LogP contribution >= 0.6 is 0 Å². The molecule has 0 radical (unpaired) electrons. The largest absolute Gasteiger partial charge is 0.354 e. The molecule has 7 heteroatoms. The van der Waals surface area contributed by atoms with Crippen LogP contribution in [0.15, 0.2) is 18.3 Å². The number of halogens is 2. The van der Waals surface area contributed by atoms with Crippen LogP contribution in [0.4, 0.5) is 14.6 Å². The van der Waals surface area contributed by atoms with E-state index in [1.165, 1.54) is 4.90 Å². The van der Waals surface area contributed by atoms with Crippen molar-refractivity contribution in [3.05, 3.63) is 23.9 Å². The van der Waals surface area contributed by atoms with Gasteiger partial charge in [0, 0.05) is 45.2 Å². The fraction of sp³-hybridized carbons (Fsp3) is 0.533. The maximum Gasteiger partial charge on any atom is 0.251 e. The van der Waals surface area contributed by atoms with E-state index in [4.69, 9.17) is 5.26 Å². The van der Waals surface area contributed by atoms with E-state index in [9.17, 15) is 13.6 Å². The Bertz CT molecular complexity index is 612. The van der Waals surface area contributed by atoms with Gasteiger partial charge >= 0.3 is 0 Å². The van der Waals surface area contributed by atoms with E-state index in [-0.39, 0.29) is 37.8 Å².